The van der Waals surface area contributed by atoms with Crippen LogP contribution in [-0.4, -0.2) is 43.0 Å². The first-order valence-electron chi connectivity index (χ1n) is 5.87. The van der Waals surface area contributed by atoms with E-state index in [4.69, 9.17) is 5.73 Å². The van der Waals surface area contributed by atoms with E-state index in [2.05, 4.69) is 17.1 Å². The summed E-state index contributed by atoms with van der Waals surface area (Å²) in [6, 6.07) is 0.283. The number of hydrogen-bond donors (Lipinski definition) is 2. The highest BCUT2D eigenvalue weighted by molar-refractivity contribution is 5.78. The summed E-state index contributed by atoms with van der Waals surface area (Å²) in [5, 5.41) is 2.98. The Morgan fingerprint density at radius 3 is 2.93 bits per heavy atom. The van der Waals surface area contributed by atoms with E-state index in [1.165, 1.54) is 0 Å². The molecule has 0 spiro atoms. The highest BCUT2D eigenvalue weighted by Gasteiger charge is 2.22. The summed E-state index contributed by atoms with van der Waals surface area (Å²) in [6.07, 6.45) is 2.12. The van der Waals surface area contributed by atoms with Gasteiger partial charge in [0.25, 0.3) is 0 Å². The topological polar surface area (TPSA) is 58.4 Å². The van der Waals surface area contributed by atoms with Gasteiger partial charge >= 0.3 is 0 Å². The second-order valence-corrected chi connectivity index (χ2v) is 4.50. The Morgan fingerprint density at radius 2 is 2.40 bits per heavy atom. The van der Waals surface area contributed by atoms with Gasteiger partial charge in [-0.1, -0.05) is 6.92 Å². The van der Waals surface area contributed by atoms with Crippen molar-refractivity contribution in [2.75, 3.05) is 26.2 Å². The highest BCUT2D eigenvalue weighted by atomic mass is 16.2. The molecule has 0 aliphatic carbocycles. The quantitative estimate of drug-likeness (QED) is 0.685. The van der Waals surface area contributed by atoms with Crippen molar-refractivity contribution in [2.45, 2.75) is 32.7 Å². The average Bonchev–Trinajstić information content (AvgIpc) is 2.65. The fourth-order valence-electron chi connectivity index (χ4n) is 1.87. The van der Waals surface area contributed by atoms with E-state index < -0.39 is 0 Å². The van der Waals surface area contributed by atoms with Crippen LogP contribution < -0.4 is 11.1 Å². The smallest absolute Gasteiger partial charge is 0.234 e. The molecule has 0 saturated carbocycles. The van der Waals surface area contributed by atoms with Crippen LogP contribution in [0.3, 0.4) is 0 Å². The lowest BCUT2D eigenvalue weighted by atomic mass is 10.1. The van der Waals surface area contributed by atoms with Gasteiger partial charge in [0.15, 0.2) is 0 Å². The fraction of sp³-hybridized carbons (Fsp3) is 0.909. The van der Waals surface area contributed by atoms with Crippen molar-refractivity contribution >= 4 is 5.91 Å². The van der Waals surface area contributed by atoms with Gasteiger partial charge < -0.3 is 11.1 Å². The summed E-state index contributed by atoms with van der Waals surface area (Å²) in [5.41, 5.74) is 5.60. The molecule has 0 aromatic carbocycles. The Kier molecular flexibility index (Phi) is 5.05. The predicted molar refractivity (Wildman–Crippen MR) is 61.5 cm³/mol. The summed E-state index contributed by atoms with van der Waals surface area (Å²) in [7, 11) is 0. The van der Waals surface area contributed by atoms with E-state index in [9.17, 15) is 4.79 Å². The zero-order valence-electron chi connectivity index (χ0n) is 9.83. The molecule has 0 aromatic heterocycles. The van der Waals surface area contributed by atoms with Crippen LogP contribution in [0.15, 0.2) is 0 Å². The Labute approximate surface area is 92.2 Å². The van der Waals surface area contributed by atoms with E-state index in [1.54, 1.807) is 0 Å². The molecule has 0 bridgehead atoms. The molecule has 0 radical (unpaired) electrons. The monoisotopic (exact) mass is 213 g/mol. The number of carbonyl (C=O) groups excluding carboxylic acids is 1. The van der Waals surface area contributed by atoms with E-state index in [0.29, 0.717) is 12.5 Å². The normalized spacial score (nSPS) is 24.1. The molecule has 2 unspecified atom stereocenters. The first kappa shape index (κ1) is 12.5. The molecule has 2 atom stereocenters. The van der Waals surface area contributed by atoms with Crippen LogP contribution in [0.5, 0.6) is 0 Å². The Hall–Kier alpha value is -0.610. The summed E-state index contributed by atoms with van der Waals surface area (Å²) >= 11 is 0. The van der Waals surface area contributed by atoms with Gasteiger partial charge in [-0.2, -0.15) is 0 Å². The maximum Gasteiger partial charge on any atom is 0.234 e. The molecule has 3 N–H and O–H groups in total. The van der Waals surface area contributed by atoms with Gasteiger partial charge in [-0.05, 0) is 38.8 Å². The van der Waals surface area contributed by atoms with Crippen molar-refractivity contribution in [1.29, 1.82) is 0 Å². The highest BCUT2D eigenvalue weighted by Crippen LogP contribution is 2.13. The third-order valence-corrected chi connectivity index (χ3v) is 3.09. The van der Waals surface area contributed by atoms with Crippen LogP contribution in [0, 0.1) is 5.92 Å². The number of amides is 1. The van der Waals surface area contributed by atoms with Gasteiger partial charge in [-0.25, -0.2) is 0 Å². The van der Waals surface area contributed by atoms with Crippen molar-refractivity contribution in [3.8, 4) is 0 Å². The summed E-state index contributed by atoms with van der Waals surface area (Å²) in [4.78, 5) is 13.8. The van der Waals surface area contributed by atoms with Gasteiger partial charge in [-0.15, -0.1) is 0 Å². The average molecular weight is 213 g/mol. The minimum absolute atomic E-state index is 0.141. The van der Waals surface area contributed by atoms with Gasteiger partial charge in [-0.3, -0.25) is 9.69 Å². The number of carbonyl (C=O) groups is 1. The second-order valence-electron chi connectivity index (χ2n) is 4.50. The van der Waals surface area contributed by atoms with E-state index in [-0.39, 0.29) is 11.9 Å². The van der Waals surface area contributed by atoms with Crippen LogP contribution in [0.2, 0.25) is 0 Å². The largest absolute Gasteiger partial charge is 0.353 e. The van der Waals surface area contributed by atoms with Crippen molar-refractivity contribution in [3.63, 3.8) is 0 Å². The van der Waals surface area contributed by atoms with Crippen molar-refractivity contribution in [3.05, 3.63) is 0 Å². The molecular weight excluding hydrogens is 190 g/mol. The molecule has 1 amide bonds. The minimum atomic E-state index is 0.141. The molecule has 4 heteroatoms. The Bertz CT molecular complexity index is 208. The van der Waals surface area contributed by atoms with Crippen LogP contribution in [0.25, 0.3) is 0 Å². The van der Waals surface area contributed by atoms with Crippen molar-refractivity contribution in [2.24, 2.45) is 11.7 Å². The van der Waals surface area contributed by atoms with Crippen LogP contribution >= 0.6 is 0 Å². The van der Waals surface area contributed by atoms with Crippen LogP contribution in [-0.2, 0) is 4.79 Å². The molecule has 1 aliphatic rings. The second kappa shape index (κ2) is 6.08. The van der Waals surface area contributed by atoms with E-state index in [1.807, 2.05) is 6.92 Å². The number of hydrogen-bond acceptors (Lipinski definition) is 3. The number of rotatable bonds is 5. The SMILES string of the molecule is CCC(C)NC(=O)CN1CCC(CN)C1. The first-order valence-corrected chi connectivity index (χ1v) is 5.87. The molecular formula is C11H23N3O. The molecule has 0 aromatic rings. The molecule has 15 heavy (non-hydrogen) atoms. The van der Waals surface area contributed by atoms with Crippen molar-refractivity contribution < 1.29 is 4.79 Å². The van der Waals surface area contributed by atoms with Crippen molar-refractivity contribution in [1.82, 2.24) is 10.2 Å². The van der Waals surface area contributed by atoms with E-state index >= 15 is 0 Å². The van der Waals surface area contributed by atoms with E-state index in [0.717, 1.165) is 32.5 Å². The van der Waals surface area contributed by atoms with Crippen LogP contribution in [0.4, 0.5) is 0 Å². The number of nitrogens with one attached hydrogen (secondary N) is 1. The summed E-state index contributed by atoms with van der Waals surface area (Å²) in [5.74, 6) is 0.725. The first-order chi connectivity index (χ1) is 7.15. The lowest BCUT2D eigenvalue weighted by Gasteiger charge is -2.17. The number of nitrogens with zero attached hydrogens (tertiary/aromatic N) is 1. The number of nitrogens with two attached hydrogens (primary N) is 1. The molecule has 1 aliphatic heterocycles. The standard InChI is InChI=1S/C11H23N3O/c1-3-9(2)13-11(15)8-14-5-4-10(6-12)7-14/h9-10H,3-8,12H2,1-2H3,(H,13,15). The lowest BCUT2D eigenvalue weighted by Crippen LogP contribution is -2.40. The van der Waals surface area contributed by atoms with Gasteiger partial charge in [0.05, 0.1) is 6.54 Å². The van der Waals surface area contributed by atoms with Crippen LogP contribution in [0.1, 0.15) is 26.7 Å². The maximum absolute atomic E-state index is 11.6. The summed E-state index contributed by atoms with van der Waals surface area (Å²) < 4.78 is 0. The minimum Gasteiger partial charge on any atom is -0.353 e. The molecule has 4 nitrogen and oxygen atoms in total. The van der Waals surface area contributed by atoms with Gasteiger partial charge in [0.1, 0.15) is 0 Å². The summed E-state index contributed by atoms with van der Waals surface area (Å²) in [6.45, 7) is 7.36. The van der Waals surface area contributed by atoms with Gasteiger partial charge in [0.2, 0.25) is 5.91 Å². The number of likely N-dealkylation sites (tertiary alicyclic amines) is 1. The zero-order chi connectivity index (χ0) is 11.3. The molecule has 1 rings (SSSR count). The predicted octanol–water partition coefficient (Wildman–Crippen LogP) is 0.182. The molecule has 1 saturated heterocycles. The fourth-order valence-corrected chi connectivity index (χ4v) is 1.87. The third kappa shape index (κ3) is 4.18. The zero-order valence-corrected chi connectivity index (χ0v) is 9.83. The molecule has 88 valence electrons. The lowest BCUT2D eigenvalue weighted by molar-refractivity contribution is -0.122. The maximum atomic E-state index is 11.6. The molecule has 1 heterocycles. The molecule has 1 fully saturated rings. The van der Waals surface area contributed by atoms with Gasteiger partial charge in [0, 0.05) is 12.6 Å². The Morgan fingerprint density at radius 1 is 1.67 bits per heavy atom. The third-order valence-electron chi connectivity index (χ3n) is 3.09. The Balaban J connectivity index is 2.21.